The first-order chi connectivity index (χ1) is 12.5. The number of aromatic nitrogens is 2. The lowest BCUT2D eigenvalue weighted by Crippen LogP contribution is -2.07. The average Bonchev–Trinajstić information content (AvgIpc) is 3.08. The number of aromatic amines is 1. The monoisotopic (exact) mass is 343 g/mol. The molecule has 0 unspecified atom stereocenters. The normalized spacial score (nSPS) is 11.0. The number of hydrogen-bond acceptors (Lipinski definition) is 3. The Labute approximate surface area is 152 Å². The number of imidazole rings is 1. The number of rotatable bonds is 3. The second-order valence-electron chi connectivity index (χ2n) is 6.73. The molecule has 0 spiro atoms. The predicted octanol–water partition coefficient (Wildman–Crippen LogP) is 4.98. The molecule has 0 atom stereocenters. The first kappa shape index (κ1) is 16.2. The maximum Gasteiger partial charge on any atom is 0.142 e. The number of aromatic hydroxyl groups is 1. The standard InChI is InChI=1S/C22H21N3O/c1-14-5-4-6-19-21(14)24-22(23-19)18-13-16(9-12-20(18)26)15-7-10-17(11-8-15)25(2)3/h4-13,26H,1-3H3,(H,23,24). The van der Waals surface area contributed by atoms with Crippen LogP contribution >= 0.6 is 0 Å². The SMILES string of the molecule is Cc1cccc2nc(-c3cc(-c4ccc(N(C)C)cc4)ccc3O)[nH]c12. The number of nitrogens with zero attached hydrogens (tertiary/aromatic N) is 2. The van der Waals surface area contributed by atoms with E-state index < -0.39 is 0 Å². The molecule has 0 fully saturated rings. The van der Waals surface area contributed by atoms with Crippen molar-refractivity contribution in [2.24, 2.45) is 0 Å². The minimum Gasteiger partial charge on any atom is -0.507 e. The molecule has 0 aliphatic heterocycles. The summed E-state index contributed by atoms with van der Waals surface area (Å²) in [5, 5.41) is 10.4. The van der Waals surface area contributed by atoms with Crippen LogP contribution in [0.2, 0.25) is 0 Å². The molecule has 0 bridgehead atoms. The molecule has 2 N–H and O–H groups in total. The third kappa shape index (κ3) is 2.80. The number of benzene rings is 3. The summed E-state index contributed by atoms with van der Waals surface area (Å²) in [6.45, 7) is 2.05. The van der Waals surface area contributed by atoms with Crippen LogP contribution in [-0.2, 0) is 0 Å². The van der Waals surface area contributed by atoms with E-state index in [1.807, 2.05) is 51.4 Å². The Kier molecular flexibility index (Phi) is 3.88. The Morgan fingerprint density at radius 1 is 0.923 bits per heavy atom. The molecule has 0 aliphatic rings. The molecule has 0 aliphatic carbocycles. The number of anilines is 1. The lowest BCUT2D eigenvalue weighted by Gasteiger charge is -2.13. The number of fused-ring (bicyclic) bond motifs is 1. The van der Waals surface area contributed by atoms with E-state index >= 15 is 0 Å². The lowest BCUT2D eigenvalue weighted by molar-refractivity contribution is 0.477. The van der Waals surface area contributed by atoms with Gasteiger partial charge in [-0.3, -0.25) is 0 Å². The second-order valence-corrected chi connectivity index (χ2v) is 6.73. The van der Waals surface area contributed by atoms with Crippen molar-refractivity contribution in [3.05, 3.63) is 66.2 Å². The van der Waals surface area contributed by atoms with Gasteiger partial charge in [0.05, 0.1) is 16.6 Å². The van der Waals surface area contributed by atoms with Gasteiger partial charge in [0.2, 0.25) is 0 Å². The number of H-pyrrole nitrogens is 1. The molecular formula is C22H21N3O. The van der Waals surface area contributed by atoms with Crippen molar-refractivity contribution in [1.29, 1.82) is 0 Å². The fraction of sp³-hybridized carbons (Fsp3) is 0.136. The van der Waals surface area contributed by atoms with Gasteiger partial charge >= 0.3 is 0 Å². The molecule has 3 aromatic carbocycles. The maximum atomic E-state index is 10.4. The first-order valence-electron chi connectivity index (χ1n) is 8.59. The Morgan fingerprint density at radius 2 is 1.65 bits per heavy atom. The smallest absolute Gasteiger partial charge is 0.142 e. The van der Waals surface area contributed by atoms with Crippen LogP contribution in [-0.4, -0.2) is 29.2 Å². The Balaban J connectivity index is 1.79. The summed E-state index contributed by atoms with van der Waals surface area (Å²) in [7, 11) is 4.05. The fourth-order valence-electron chi connectivity index (χ4n) is 3.16. The van der Waals surface area contributed by atoms with E-state index in [1.54, 1.807) is 6.07 Å². The molecule has 4 nitrogen and oxygen atoms in total. The number of hydrogen-bond donors (Lipinski definition) is 2. The van der Waals surface area contributed by atoms with Gasteiger partial charge in [0.15, 0.2) is 0 Å². The largest absolute Gasteiger partial charge is 0.507 e. The summed E-state index contributed by atoms with van der Waals surface area (Å²) in [4.78, 5) is 10.1. The molecule has 4 rings (SSSR count). The number of aryl methyl sites for hydroxylation is 1. The highest BCUT2D eigenvalue weighted by molar-refractivity contribution is 5.84. The van der Waals surface area contributed by atoms with Crippen molar-refractivity contribution in [3.8, 4) is 28.3 Å². The molecule has 1 heterocycles. The number of para-hydroxylation sites is 1. The topological polar surface area (TPSA) is 52.1 Å². The summed E-state index contributed by atoms with van der Waals surface area (Å²) in [6, 6.07) is 20.0. The van der Waals surface area contributed by atoms with Crippen molar-refractivity contribution in [2.45, 2.75) is 6.92 Å². The Morgan fingerprint density at radius 3 is 2.35 bits per heavy atom. The summed E-state index contributed by atoms with van der Waals surface area (Å²) < 4.78 is 0. The van der Waals surface area contributed by atoms with Crippen molar-refractivity contribution in [2.75, 3.05) is 19.0 Å². The van der Waals surface area contributed by atoms with Crippen LogP contribution in [0, 0.1) is 6.92 Å². The van der Waals surface area contributed by atoms with E-state index in [4.69, 9.17) is 0 Å². The van der Waals surface area contributed by atoms with E-state index in [-0.39, 0.29) is 5.75 Å². The minimum absolute atomic E-state index is 0.218. The fourth-order valence-corrected chi connectivity index (χ4v) is 3.16. The van der Waals surface area contributed by atoms with Crippen LogP contribution in [0.15, 0.2) is 60.7 Å². The summed E-state index contributed by atoms with van der Waals surface area (Å²) in [5.74, 6) is 0.897. The van der Waals surface area contributed by atoms with Crippen LogP contribution in [0.1, 0.15) is 5.56 Å². The first-order valence-corrected chi connectivity index (χ1v) is 8.59. The van der Waals surface area contributed by atoms with E-state index in [0.29, 0.717) is 11.4 Å². The highest BCUT2D eigenvalue weighted by Crippen LogP contribution is 2.34. The quantitative estimate of drug-likeness (QED) is 0.552. The van der Waals surface area contributed by atoms with Crippen molar-refractivity contribution < 1.29 is 5.11 Å². The number of phenolic OH excluding ortho intramolecular Hbond substituents is 1. The highest BCUT2D eigenvalue weighted by Gasteiger charge is 2.12. The summed E-state index contributed by atoms with van der Waals surface area (Å²) >= 11 is 0. The number of phenols is 1. The van der Waals surface area contributed by atoms with E-state index in [1.165, 1.54) is 0 Å². The van der Waals surface area contributed by atoms with E-state index in [0.717, 1.165) is 33.4 Å². The van der Waals surface area contributed by atoms with Gasteiger partial charge < -0.3 is 15.0 Å². The molecule has 1 aromatic heterocycles. The maximum absolute atomic E-state index is 10.4. The van der Waals surface area contributed by atoms with Crippen molar-refractivity contribution in [1.82, 2.24) is 9.97 Å². The van der Waals surface area contributed by atoms with Crippen LogP contribution in [0.25, 0.3) is 33.5 Å². The molecule has 26 heavy (non-hydrogen) atoms. The molecule has 4 heteroatoms. The molecule has 0 saturated carbocycles. The van der Waals surface area contributed by atoms with Crippen LogP contribution in [0.4, 0.5) is 5.69 Å². The van der Waals surface area contributed by atoms with Gasteiger partial charge in [0.25, 0.3) is 0 Å². The predicted molar refractivity (Wildman–Crippen MR) is 108 cm³/mol. The van der Waals surface area contributed by atoms with Gasteiger partial charge in [-0.15, -0.1) is 0 Å². The minimum atomic E-state index is 0.218. The summed E-state index contributed by atoms with van der Waals surface area (Å²) in [5.41, 5.74) is 7.04. The van der Waals surface area contributed by atoms with E-state index in [2.05, 4.69) is 39.1 Å². The van der Waals surface area contributed by atoms with Gasteiger partial charge in [-0.2, -0.15) is 0 Å². The van der Waals surface area contributed by atoms with Crippen LogP contribution in [0.3, 0.4) is 0 Å². The van der Waals surface area contributed by atoms with Crippen molar-refractivity contribution in [3.63, 3.8) is 0 Å². The molecule has 4 aromatic rings. The molecule has 0 radical (unpaired) electrons. The summed E-state index contributed by atoms with van der Waals surface area (Å²) in [6.07, 6.45) is 0. The Bertz CT molecular complexity index is 1080. The third-order valence-corrected chi connectivity index (χ3v) is 4.70. The zero-order valence-corrected chi connectivity index (χ0v) is 15.1. The molecule has 0 saturated heterocycles. The molecule has 130 valence electrons. The van der Waals surface area contributed by atoms with Crippen LogP contribution < -0.4 is 4.90 Å². The zero-order valence-electron chi connectivity index (χ0n) is 15.1. The highest BCUT2D eigenvalue weighted by atomic mass is 16.3. The molecule has 0 amide bonds. The third-order valence-electron chi connectivity index (χ3n) is 4.70. The second kappa shape index (κ2) is 6.23. The van der Waals surface area contributed by atoms with Gasteiger partial charge in [-0.25, -0.2) is 4.98 Å². The average molecular weight is 343 g/mol. The van der Waals surface area contributed by atoms with Gasteiger partial charge in [-0.05, 0) is 53.9 Å². The Hall–Kier alpha value is -3.27. The number of nitrogens with one attached hydrogen (secondary N) is 1. The van der Waals surface area contributed by atoms with Gasteiger partial charge in [0.1, 0.15) is 11.6 Å². The van der Waals surface area contributed by atoms with E-state index in [9.17, 15) is 5.11 Å². The molecular weight excluding hydrogens is 322 g/mol. The van der Waals surface area contributed by atoms with Gasteiger partial charge in [-0.1, -0.05) is 30.3 Å². The zero-order chi connectivity index (χ0) is 18.3. The van der Waals surface area contributed by atoms with Gasteiger partial charge in [0, 0.05) is 19.8 Å². The lowest BCUT2D eigenvalue weighted by atomic mass is 10.0. The van der Waals surface area contributed by atoms with Crippen LogP contribution in [0.5, 0.6) is 5.75 Å². The van der Waals surface area contributed by atoms with Crippen molar-refractivity contribution >= 4 is 16.7 Å².